The van der Waals surface area contributed by atoms with E-state index in [0.717, 1.165) is 13.0 Å². The summed E-state index contributed by atoms with van der Waals surface area (Å²) < 4.78 is 0. The lowest BCUT2D eigenvalue weighted by molar-refractivity contribution is 0.305. The summed E-state index contributed by atoms with van der Waals surface area (Å²) in [6.45, 7) is 5.87. The fraction of sp³-hybridized carbons (Fsp3) is 0.875. The largest absolute Gasteiger partial charge is 0.409 e. The first-order valence-electron chi connectivity index (χ1n) is 4.21. The van der Waals surface area contributed by atoms with E-state index in [1.165, 1.54) is 0 Å². The first-order valence-corrected chi connectivity index (χ1v) is 4.21. The van der Waals surface area contributed by atoms with Gasteiger partial charge in [-0.2, -0.15) is 0 Å². The van der Waals surface area contributed by atoms with Crippen LogP contribution in [0.25, 0.3) is 0 Å². The minimum atomic E-state index is 0.265. The second kappa shape index (κ2) is 5.83. The predicted octanol–water partition coefficient (Wildman–Crippen LogP) is 0.711. The van der Waals surface area contributed by atoms with Crippen molar-refractivity contribution in [3.8, 4) is 0 Å². The van der Waals surface area contributed by atoms with E-state index in [1.54, 1.807) is 0 Å². The Kier molecular flexibility index (Phi) is 5.45. The summed E-state index contributed by atoms with van der Waals surface area (Å²) in [6, 6.07) is 0. The molecule has 0 saturated heterocycles. The van der Waals surface area contributed by atoms with Gasteiger partial charge in [-0.15, -0.1) is 0 Å². The van der Waals surface area contributed by atoms with Crippen LogP contribution in [0, 0.1) is 5.92 Å². The number of nitrogens with two attached hydrogens (primary N) is 1. The molecule has 0 aliphatic rings. The molecule has 4 heteroatoms. The molecule has 4 nitrogen and oxygen atoms in total. The average molecular weight is 173 g/mol. The number of oxime groups is 1. The Hall–Kier alpha value is -0.770. The van der Waals surface area contributed by atoms with Crippen molar-refractivity contribution >= 4 is 5.84 Å². The molecule has 0 aliphatic heterocycles. The van der Waals surface area contributed by atoms with Crippen LogP contribution in [0.5, 0.6) is 0 Å². The van der Waals surface area contributed by atoms with E-state index in [2.05, 4.69) is 19.0 Å². The molecule has 0 rings (SSSR count). The molecule has 0 heterocycles. The Morgan fingerprint density at radius 3 is 2.58 bits per heavy atom. The average Bonchev–Trinajstić information content (AvgIpc) is 2.00. The third-order valence-corrected chi connectivity index (χ3v) is 1.65. The van der Waals surface area contributed by atoms with Crippen molar-refractivity contribution in [2.45, 2.75) is 20.3 Å². The molecule has 0 fully saturated rings. The van der Waals surface area contributed by atoms with Gasteiger partial charge in [-0.3, -0.25) is 4.90 Å². The van der Waals surface area contributed by atoms with Crippen molar-refractivity contribution in [1.82, 2.24) is 4.90 Å². The van der Waals surface area contributed by atoms with Gasteiger partial charge in [0.25, 0.3) is 0 Å². The highest BCUT2D eigenvalue weighted by Crippen LogP contribution is 1.99. The van der Waals surface area contributed by atoms with Crippen LogP contribution < -0.4 is 5.73 Å². The lowest BCUT2D eigenvalue weighted by Gasteiger charge is -2.16. The first-order chi connectivity index (χ1) is 5.56. The molecular formula is C8H19N3O. The standard InChI is InChI=1S/C8H19N3O/c1-7(2)4-5-11(3)6-8(9)10-12/h7,12H,4-6H2,1-3H3,(H2,9,10). The Balaban J connectivity index is 3.53. The number of likely N-dealkylation sites (N-methyl/N-ethyl adjacent to an activating group) is 1. The van der Waals surface area contributed by atoms with E-state index in [-0.39, 0.29) is 5.84 Å². The molecule has 0 spiro atoms. The van der Waals surface area contributed by atoms with Gasteiger partial charge in [0, 0.05) is 0 Å². The second-order valence-electron chi connectivity index (χ2n) is 3.51. The molecule has 0 aromatic carbocycles. The SMILES string of the molecule is CC(C)CCN(C)CC(N)=NO. The van der Waals surface area contributed by atoms with Crippen LogP contribution in [0.3, 0.4) is 0 Å². The van der Waals surface area contributed by atoms with Gasteiger partial charge in [0.05, 0.1) is 6.54 Å². The van der Waals surface area contributed by atoms with Gasteiger partial charge in [-0.1, -0.05) is 19.0 Å². The molecule has 12 heavy (non-hydrogen) atoms. The number of hydrogen-bond donors (Lipinski definition) is 2. The van der Waals surface area contributed by atoms with E-state index < -0.39 is 0 Å². The van der Waals surface area contributed by atoms with Crippen LogP contribution in [-0.4, -0.2) is 36.1 Å². The fourth-order valence-electron chi connectivity index (χ4n) is 0.866. The summed E-state index contributed by atoms with van der Waals surface area (Å²) in [5, 5.41) is 11.2. The molecule has 3 N–H and O–H groups in total. The summed E-state index contributed by atoms with van der Waals surface area (Å²) in [4.78, 5) is 2.04. The third-order valence-electron chi connectivity index (χ3n) is 1.65. The Morgan fingerprint density at radius 2 is 2.17 bits per heavy atom. The first kappa shape index (κ1) is 11.2. The van der Waals surface area contributed by atoms with Gasteiger partial charge in [-0.25, -0.2) is 0 Å². The minimum Gasteiger partial charge on any atom is -0.409 e. The van der Waals surface area contributed by atoms with E-state index >= 15 is 0 Å². The maximum Gasteiger partial charge on any atom is 0.153 e. The van der Waals surface area contributed by atoms with Crippen molar-refractivity contribution < 1.29 is 5.21 Å². The normalized spacial score (nSPS) is 12.9. The highest BCUT2D eigenvalue weighted by molar-refractivity contribution is 5.81. The summed E-state index contributed by atoms with van der Waals surface area (Å²) in [5.41, 5.74) is 5.34. The lowest BCUT2D eigenvalue weighted by Crippen LogP contribution is -2.32. The van der Waals surface area contributed by atoms with Gasteiger partial charge in [-0.05, 0) is 25.9 Å². The van der Waals surface area contributed by atoms with Crippen molar-refractivity contribution in [2.75, 3.05) is 20.1 Å². The van der Waals surface area contributed by atoms with Crippen LogP contribution in [0.1, 0.15) is 20.3 Å². The molecule has 0 aromatic rings. The van der Waals surface area contributed by atoms with Crippen LogP contribution >= 0.6 is 0 Å². The van der Waals surface area contributed by atoms with Crippen molar-refractivity contribution in [1.29, 1.82) is 0 Å². The van der Waals surface area contributed by atoms with E-state index in [4.69, 9.17) is 10.9 Å². The predicted molar refractivity (Wildman–Crippen MR) is 50.4 cm³/mol. The zero-order chi connectivity index (χ0) is 9.56. The maximum atomic E-state index is 8.30. The number of nitrogens with zero attached hydrogens (tertiary/aromatic N) is 2. The summed E-state index contributed by atoms with van der Waals surface area (Å²) >= 11 is 0. The van der Waals surface area contributed by atoms with Crippen molar-refractivity contribution in [2.24, 2.45) is 16.8 Å². The van der Waals surface area contributed by atoms with E-state index in [0.29, 0.717) is 12.5 Å². The molecule has 0 radical (unpaired) electrons. The van der Waals surface area contributed by atoms with Crippen LogP contribution in [0.2, 0.25) is 0 Å². The van der Waals surface area contributed by atoms with Crippen LogP contribution in [0.4, 0.5) is 0 Å². The molecular weight excluding hydrogens is 154 g/mol. The molecule has 0 atom stereocenters. The van der Waals surface area contributed by atoms with Crippen molar-refractivity contribution in [3.05, 3.63) is 0 Å². The zero-order valence-corrected chi connectivity index (χ0v) is 8.12. The number of amidine groups is 1. The molecule has 0 aliphatic carbocycles. The lowest BCUT2D eigenvalue weighted by atomic mass is 10.1. The topological polar surface area (TPSA) is 61.8 Å². The Labute approximate surface area is 74.0 Å². The molecule has 72 valence electrons. The van der Waals surface area contributed by atoms with Crippen LogP contribution in [-0.2, 0) is 0 Å². The smallest absolute Gasteiger partial charge is 0.153 e. The quantitative estimate of drug-likeness (QED) is 0.278. The summed E-state index contributed by atoms with van der Waals surface area (Å²) in [5.74, 6) is 0.959. The number of rotatable bonds is 5. The molecule has 0 unspecified atom stereocenters. The van der Waals surface area contributed by atoms with Gasteiger partial charge in [0.15, 0.2) is 5.84 Å². The minimum absolute atomic E-state index is 0.265. The van der Waals surface area contributed by atoms with Gasteiger partial charge >= 0.3 is 0 Å². The van der Waals surface area contributed by atoms with E-state index in [1.807, 2.05) is 11.9 Å². The molecule has 0 bridgehead atoms. The monoisotopic (exact) mass is 173 g/mol. The zero-order valence-electron chi connectivity index (χ0n) is 8.12. The van der Waals surface area contributed by atoms with E-state index in [9.17, 15) is 0 Å². The molecule has 0 aromatic heterocycles. The fourth-order valence-corrected chi connectivity index (χ4v) is 0.866. The summed E-state index contributed by atoms with van der Waals surface area (Å²) in [6.07, 6.45) is 1.13. The molecule has 0 amide bonds. The molecule has 0 saturated carbocycles. The summed E-state index contributed by atoms with van der Waals surface area (Å²) in [7, 11) is 1.96. The Bertz CT molecular complexity index is 145. The second-order valence-corrected chi connectivity index (χ2v) is 3.51. The van der Waals surface area contributed by atoms with Crippen molar-refractivity contribution in [3.63, 3.8) is 0 Å². The van der Waals surface area contributed by atoms with Crippen LogP contribution in [0.15, 0.2) is 5.16 Å². The number of hydrogen-bond acceptors (Lipinski definition) is 3. The van der Waals surface area contributed by atoms with Gasteiger partial charge < -0.3 is 10.9 Å². The highest BCUT2D eigenvalue weighted by Gasteiger charge is 2.02. The highest BCUT2D eigenvalue weighted by atomic mass is 16.4. The van der Waals surface area contributed by atoms with Gasteiger partial charge in [0.2, 0.25) is 0 Å². The van der Waals surface area contributed by atoms with Gasteiger partial charge in [0.1, 0.15) is 0 Å². The Morgan fingerprint density at radius 1 is 1.58 bits per heavy atom. The maximum absolute atomic E-state index is 8.30. The third kappa shape index (κ3) is 5.97.